The number of nitrogens with one attached hydrogen (secondary N) is 1. The SMILES string of the molecule is CC1(C)C(c2ccc(C(=O)O)cc2)=CC[C@]2(C)CN(C(=O)c3ccc4[nH]cnc4c3)CC=C12. The molecular formula is C27H27N3O3. The number of carbonyl (C=O) groups is 2. The fourth-order valence-electron chi connectivity index (χ4n) is 5.60. The molecule has 0 fully saturated rings. The number of benzene rings is 2. The Morgan fingerprint density at radius 2 is 1.76 bits per heavy atom. The molecule has 0 saturated carbocycles. The number of rotatable bonds is 3. The zero-order valence-electron chi connectivity index (χ0n) is 19.1. The van der Waals surface area contributed by atoms with Crippen LogP contribution in [0.3, 0.4) is 0 Å². The van der Waals surface area contributed by atoms with Crippen LogP contribution in [0.2, 0.25) is 0 Å². The average Bonchev–Trinajstić information content (AvgIpc) is 3.26. The molecule has 0 unspecified atom stereocenters. The maximum Gasteiger partial charge on any atom is 0.335 e. The number of aromatic amines is 1. The van der Waals surface area contributed by atoms with E-state index in [1.165, 1.54) is 11.1 Å². The molecule has 6 heteroatoms. The van der Waals surface area contributed by atoms with Crippen LogP contribution >= 0.6 is 0 Å². The van der Waals surface area contributed by atoms with Crippen LogP contribution in [-0.2, 0) is 0 Å². The van der Waals surface area contributed by atoms with Crippen molar-refractivity contribution < 1.29 is 14.7 Å². The molecule has 6 nitrogen and oxygen atoms in total. The Balaban J connectivity index is 1.43. The van der Waals surface area contributed by atoms with Crippen LogP contribution in [0, 0.1) is 10.8 Å². The third-order valence-electron chi connectivity index (χ3n) is 7.21. The summed E-state index contributed by atoms with van der Waals surface area (Å²) in [7, 11) is 0. The van der Waals surface area contributed by atoms with Crippen molar-refractivity contribution in [2.75, 3.05) is 13.1 Å². The molecule has 1 aromatic heterocycles. The monoisotopic (exact) mass is 441 g/mol. The van der Waals surface area contributed by atoms with Gasteiger partial charge in [0.15, 0.2) is 0 Å². The van der Waals surface area contributed by atoms with Crippen LogP contribution in [-0.4, -0.2) is 44.9 Å². The van der Waals surface area contributed by atoms with E-state index in [1.54, 1.807) is 18.5 Å². The van der Waals surface area contributed by atoms with Crippen LogP contribution in [0.15, 0.2) is 66.5 Å². The number of amides is 1. The second kappa shape index (κ2) is 7.44. The molecule has 2 N–H and O–H groups in total. The number of carboxylic acids is 1. The van der Waals surface area contributed by atoms with E-state index >= 15 is 0 Å². The number of imidazole rings is 1. The first-order chi connectivity index (χ1) is 15.7. The zero-order chi connectivity index (χ0) is 23.4. The number of carbonyl (C=O) groups excluding carboxylic acids is 1. The Hall–Kier alpha value is -3.67. The maximum absolute atomic E-state index is 13.3. The average molecular weight is 442 g/mol. The lowest BCUT2D eigenvalue weighted by atomic mass is 9.58. The van der Waals surface area contributed by atoms with Gasteiger partial charge in [0.05, 0.1) is 22.9 Å². The molecule has 0 saturated heterocycles. The minimum atomic E-state index is -0.919. The summed E-state index contributed by atoms with van der Waals surface area (Å²) in [6, 6.07) is 12.7. The van der Waals surface area contributed by atoms with E-state index in [1.807, 2.05) is 35.2 Å². The van der Waals surface area contributed by atoms with Crippen molar-refractivity contribution in [1.82, 2.24) is 14.9 Å². The first-order valence-electron chi connectivity index (χ1n) is 11.2. The van der Waals surface area contributed by atoms with Gasteiger partial charge in [-0.05, 0) is 47.9 Å². The molecule has 1 amide bonds. The Morgan fingerprint density at radius 1 is 1.03 bits per heavy atom. The number of aromatic carboxylic acids is 1. The molecule has 0 bridgehead atoms. The van der Waals surface area contributed by atoms with Crippen molar-refractivity contribution in [3.63, 3.8) is 0 Å². The molecule has 168 valence electrons. The van der Waals surface area contributed by atoms with Crippen molar-refractivity contribution in [3.8, 4) is 0 Å². The molecule has 33 heavy (non-hydrogen) atoms. The lowest BCUT2D eigenvalue weighted by Crippen LogP contribution is -2.48. The van der Waals surface area contributed by atoms with Crippen molar-refractivity contribution in [1.29, 1.82) is 0 Å². The van der Waals surface area contributed by atoms with Gasteiger partial charge in [-0.3, -0.25) is 4.79 Å². The van der Waals surface area contributed by atoms with Crippen molar-refractivity contribution in [3.05, 3.63) is 83.2 Å². The number of allylic oxidation sites excluding steroid dienone is 2. The van der Waals surface area contributed by atoms with Crippen LogP contribution in [0.4, 0.5) is 0 Å². The number of hydrogen-bond donors (Lipinski definition) is 2. The van der Waals surface area contributed by atoms with Gasteiger partial charge in [0.2, 0.25) is 0 Å². The molecular weight excluding hydrogens is 414 g/mol. The van der Waals surface area contributed by atoms with Gasteiger partial charge < -0.3 is 15.0 Å². The van der Waals surface area contributed by atoms with E-state index < -0.39 is 5.97 Å². The maximum atomic E-state index is 13.3. The molecule has 2 aromatic carbocycles. The van der Waals surface area contributed by atoms with Gasteiger partial charge in [-0.15, -0.1) is 0 Å². The van der Waals surface area contributed by atoms with E-state index in [0.29, 0.717) is 18.7 Å². The highest BCUT2D eigenvalue weighted by Gasteiger charge is 2.46. The normalized spacial score (nSPS) is 21.8. The van der Waals surface area contributed by atoms with E-state index in [9.17, 15) is 14.7 Å². The second-order valence-electron chi connectivity index (χ2n) is 9.83. The fourth-order valence-corrected chi connectivity index (χ4v) is 5.60. The number of hydrogen-bond acceptors (Lipinski definition) is 3. The lowest BCUT2D eigenvalue weighted by Gasteiger charge is -2.50. The van der Waals surface area contributed by atoms with Crippen LogP contribution < -0.4 is 0 Å². The molecule has 2 heterocycles. The minimum Gasteiger partial charge on any atom is -0.478 e. The van der Waals surface area contributed by atoms with Gasteiger partial charge in [-0.2, -0.15) is 0 Å². The summed E-state index contributed by atoms with van der Waals surface area (Å²) < 4.78 is 0. The highest BCUT2D eigenvalue weighted by molar-refractivity contribution is 5.97. The first-order valence-corrected chi connectivity index (χ1v) is 11.2. The van der Waals surface area contributed by atoms with Crippen molar-refractivity contribution in [2.45, 2.75) is 27.2 Å². The summed E-state index contributed by atoms with van der Waals surface area (Å²) in [5.74, 6) is -0.898. The van der Waals surface area contributed by atoms with Gasteiger partial charge in [0.25, 0.3) is 5.91 Å². The smallest absolute Gasteiger partial charge is 0.335 e. The van der Waals surface area contributed by atoms with E-state index in [4.69, 9.17) is 0 Å². The number of carboxylic acid groups (broad SMARTS) is 1. The van der Waals surface area contributed by atoms with E-state index in [0.717, 1.165) is 23.0 Å². The molecule has 1 atom stereocenters. The first kappa shape index (κ1) is 21.2. The molecule has 0 spiro atoms. The number of nitrogens with zero attached hydrogens (tertiary/aromatic N) is 2. The number of fused-ring (bicyclic) bond motifs is 2. The van der Waals surface area contributed by atoms with Crippen LogP contribution in [0.1, 0.15) is 53.5 Å². The molecule has 0 radical (unpaired) electrons. The van der Waals surface area contributed by atoms with Gasteiger partial charge in [-0.25, -0.2) is 9.78 Å². The van der Waals surface area contributed by atoms with E-state index in [2.05, 4.69) is 42.9 Å². The lowest BCUT2D eigenvalue weighted by molar-refractivity contribution is 0.0678. The molecule has 2 aliphatic rings. The molecule has 5 rings (SSSR count). The zero-order valence-corrected chi connectivity index (χ0v) is 19.1. The summed E-state index contributed by atoms with van der Waals surface area (Å²) in [6.07, 6.45) is 6.93. The third-order valence-corrected chi connectivity index (χ3v) is 7.21. The number of aromatic nitrogens is 2. The number of H-pyrrole nitrogens is 1. The molecule has 1 aliphatic heterocycles. The molecule has 3 aromatic rings. The Labute approximate surface area is 192 Å². The van der Waals surface area contributed by atoms with Gasteiger partial charge >= 0.3 is 5.97 Å². The topological polar surface area (TPSA) is 86.3 Å². The summed E-state index contributed by atoms with van der Waals surface area (Å²) in [5, 5.41) is 9.21. The van der Waals surface area contributed by atoms with Crippen LogP contribution in [0.5, 0.6) is 0 Å². The van der Waals surface area contributed by atoms with Crippen molar-refractivity contribution >= 4 is 28.5 Å². The summed E-state index contributed by atoms with van der Waals surface area (Å²) in [6.45, 7) is 7.89. The predicted octanol–water partition coefficient (Wildman–Crippen LogP) is 5.16. The predicted molar refractivity (Wildman–Crippen MR) is 128 cm³/mol. The van der Waals surface area contributed by atoms with Crippen molar-refractivity contribution in [2.24, 2.45) is 10.8 Å². The highest BCUT2D eigenvalue weighted by Crippen LogP contribution is 2.55. The Bertz CT molecular complexity index is 1330. The quantitative estimate of drug-likeness (QED) is 0.550. The minimum absolute atomic E-state index is 0.0215. The Kier molecular flexibility index (Phi) is 4.78. The summed E-state index contributed by atoms with van der Waals surface area (Å²) in [5.41, 5.74) is 5.85. The van der Waals surface area contributed by atoms with Crippen LogP contribution in [0.25, 0.3) is 16.6 Å². The standard InChI is InChI=1S/C27H27N3O3/c1-26(2)20(17-4-6-18(7-5-17)25(32)33)10-12-27(3)15-30(13-11-23(26)27)24(31)19-8-9-21-22(14-19)29-16-28-21/h4-11,14,16H,12-13,15H2,1-3H3,(H,28,29)(H,32,33)/t27-/m1/s1. The van der Waals surface area contributed by atoms with Gasteiger partial charge in [-0.1, -0.05) is 50.6 Å². The van der Waals surface area contributed by atoms with Gasteiger partial charge in [0, 0.05) is 29.5 Å². The van der Waals surface area contributed by atoms with Gasteiger partial charge in [0.1, 0.15) is 0 Å². The summed E-state index contributed by atoms with van der Waals surface area (Å²) in [4.78, 5) is 33.8. The summed E-state index contributed by atoms with van der Waals surface area (Å²) >= 11 is 0. The Morgan fingerprint density at radius 3 is 2.48 bits per heavy atom. The molecule has 1 aliphatic carbocycles. The largest absolute Gasteiger partial charge is 0.478 e. The fraction of sp³-hybridized carbons (Fsp3) is 0.296. The third kappa shape index (κ3) is 3.46. The second-order valence-corrected chi connectivity index (χ2v) is 9.83. The highest BCUT2D eigenvalue weighted by atomic mass is 16.4. The van der Waals surface area contributed by atoms with E-state index in [-0.39, 0.29) is 22.3 Å².